The minimum Gasteiger partial charge on any atom is -0.339 e. The summed E-state index contributed by atoms with van der Waals surface area (Å²) in [7, 11) is 0. The Hall–Kier alpha value is -3.92. The van der Waals surface area contributed by atoms with Gasteiger partial charge in [-0.05, 0) is 55.4 Å². The maximum atomic E-state index is 13.6. The summed E-state index contributed by atoms with van der Waals surface area (Å²) < 4.78 is 20.7. The van der Waals surface area contributed by atoms with Gasteiger partial charge in [-0.25, -0.2) is 4.39 Å². The molecular formula is C25H22FN5O3S. The van der Waals surface area contributed by atoms with Crippen molar-refractivity contribution in [1.29, 1.82) is 0 Å². The second kappa shape index (κ2) is 9.38. The quantitative estimate of drug-likeness (QED) is 0.327. The van der Waals surface area contributed by atoms with Crippen LogP contribution >= 0.6 is 12.2 Å². The molecule has 5 rings (SSSR count). The molecule has 1 N–H and O–H groups in total. The van der Waals surface area contributed by atoms with Gasteiger partial charge in [0.15, 0.2) is 4.77 Å². The van der Waals surface area contributed by atoms with Crippen LogP contribution in [0.15, 0.2) is 64.4 Å². The van der Waals surface area contributed by atoms with Gasteiger partial charge in [-0.15, -0.1) is 6.58 Å². The fourth-order valence-electron chi connectivity index (χ4n) is 4.37. The second-order valence-electron chi connectivity index (χ2n) is 8.45. The average Bonchev–Trinajstić information content (AvgIpc) is 3.36. The number of aromatic amines is 1. The number of piperidine rings is 1. The van der Waals surface area contributed by atoms with E-state index >= 15 is 0 Å². The zero-order chi connectivity index (χ0) is 24.5. The van der Waals surface area contributed by atoms with Crippen molar-refractivity contribution < 1.29 is 13.7 Å². The molecule has 0 radical (unpaired) electrons. The number of halogens is 1. The van der Waals surface area contributed by atoms with Crippen LogP contribution in [0.5, 0.6) is 0 Å². The third-order valence-electron chi connectivity index (χ3n) is 6.12. The monoisotopic (exact) mass is 491 g/mol. The molecule has 0 aliphatic carbocycles. The highest BCUT2D eigenvalue weighted by Crippen LogP contribution is 2.29. The van der Waals surface area contributed by atoms with Crippen LogP contribution in [0.1, 0.15) is 35.0 Å². The normalized spacial score (nSPS) is 15.9. The Bertz CT molecular complexity index is 1560. The Morgan fingerprint density at radius 1 is 1.31 bits per heavy atom. The number of benzene rings is 2. The summed E-state index contributed by atoms with van der Waals surface area (Å²) in [4.78, 5) is 35.3. The summed E-state index contributed by atoms with van der Waals surface area (Å²) in [6.07, 6.45) is 3.17. The molecule has 178 valence electrons. The molecule has 1 saturated heterocycles. The first-order valence-corrected chi connectivity index (χ1v) is 11.6. The third-order valence-corrected chi connectivity index (χ3v) is 6.45. The molecule has 1 atom stereocenters. The summed E-state index contributed by atoms with van der Waals surface area (Å²) in [6.45, 7) is 4.97. The average molecular weight is 492 g/mol. The van der Waals surface area contributed by atoms with Gasteiger partial charge in [-0.1, -0.05) is 23.4 Å². The molecule has 2 aromatic heterocycles. The van der Waals surface area contributed by atoms with Crippen molar-refractivity contribution in [3.8, 4) is 11.4 Å². The van der Waals surface area contributed by atoms with E-state index in [2.05, 4.69) is 21.7 Å². The number of nitrogens with one attached hydrogen (secondary N) is 1. The maximum absolute atomic E-state index is 13.6. The molecule has 0 saturated carbocycles. The van der Waals surface area contributed by atoms with Crippen molar-refractivity contribution in [2.45, 2.75) is 25.3 Å². The smallest absolute Gasteiger partial charge is 0.262 e. The molecule has 35 heavy (non-hydrogen) atoms. The fraction of sp³-hybridized carbons (Fsp3) is 0.240. The molecular weight excluding hydrogens is 469 g/mol. The number of amides is 1. The Kier molecular flexibility index (Phi) is 6.12. The first kappa shape index (κ1) is 22.9. The molecule has 1 aliphatic heterocycles. The van der Waals surface area contributed by atoms with Crippen molar-refractivity contribution in [2.24, 2.45) is 0 Å². The minimum atomic E-state index is -0.376. The standard InChI is InChI=1S/C25H22FN5O3S/c1-2-10-31-24(33)19-9-8-16(13-20(19)27-25(31)35)23(32)30-11-4-6-17(14-30)22-28-21(29-34-22)15-5-3-7-18(26)12-15/h2-3,5,7-9,12-13,17H,1,4,6,10-11,14H2,(H,27,35). The van der Waals surface area contributed by atoms with E-state index in [9.17, 15) is 14.0 Å². The largest absolute Gasteiger partial charge is 0.339 e. The molecule has 0 spiro atoms. The van der Waals surface area contributed by atoms with E-state index < -0.39 is 0 Å². The Morgan fingerprint density at radius 2 is 2.17 bits per heavy atom. The SMILES string of the molecule is C=CCn1c(=S)[nH]c2cc(C(=O)N3CCCC(c4nc(-c5cccc(F)c5)no4)C3)ccc2c1=O. The van der Waals surface area contributed by atoms with E-state index in [1.54, 1.807) is 41.3 Å². The van der Waals surface area contributed by atoms with E-state index in [1.165, 1.54) is 16.7 Å². The van der Waals surface area contributed by atoms with Crippen molar-refractivity contribution in [2.75, 3.05) is 13.1 Å². The summed E-state index contributed by atoms with van der Waals surface area (Å²) in [5, 5.41) is 4.44. The number of fused-ring (bicyclic) bond motifs is 1. The molecule has 8 nitrogen and oxygen atoms in total. The predicted molar refractivity (Wildman–Crippen MR) is 131 cm³/mol. The lowest BCUT2D eigenvalue weighted by Gasteiger charge is -2.31. The topological polar surface area (TPSA) is 97.0 Å². The van der Waals surface area contributed by atoms with Gasteiger partial charge in [0.1, 0.15) is 5.82 Å². The molecule has 1 fully saturated rings. The lowest BCUT2D eigenvalue weighted by Crippen LogP contribution is -2.39. The van der Waals surface area contributed by atoms with Gasteiger partial charge >= 0.3 is 0 Å². The van der Waals surface area contributed by atoms with Gasteiger partial charge in [0.2, 0.25) is 11.7 Å². The number of carbonyl (C=O) groups is 1. The van der Waals surface area contributed by atoms with E-state index in [4.69, 9.17) is 16.7 Å². The number of hydrogen-bond acceptors (Lipinski definition) is 6. The van der Waals surface area contributed by atoms with Crippen LogP contribution in [0, 0.1) is 10.6 Å². The molecule has 1 aliphatic rings. The number of hydrogen-bond donors (Lipinski definition) is 1. The molecule has 3 heterocycles. The third kappa shape index (κ3) is 4.44. The second-order valence-corrected chi connectivity index (χ2v) is 8.84. The summed E-state index contributed by atoms with van der Waals surface area (Å²) in [6, 6.07) is 11.0. The maximum Gasteiger partial charge on any atom is 0.262 e. The fourth-order valence-corrected chi connectivity index (χ4v) is 4.64. The van der Waals surface area contributed by atoms with Crippen LogP contribution in [0.25, 0.3) is 22.3 Å². The van der Waals surface area contributed by atoms with Crippen molar-refractivity contribution in [3.63, 3.8) is 0 Å². The summed E-state index contributed by atoms with van der Waals surface area (Å²) in [5.74, 6) is 0.0802. The Morgan fingerprint density at radius 3 is 2.97 bits per heavy atom. The summed E-state index contributed by atoms with van der Waals surface area (Å²) >= 11 is 5.30. The highest BCUT2D eigenvalue weighted by molar-refractivity contribution is 7.71. The zero-order valence-corrected chi connectivity index (χ0v) is 19.6. The van der Waals surface area contributed by atoms with Crippen molar-refractivity contribution in [1.82, 2.24) is 24.6 Å². The highest BCUT2D eigenvalue weighted by Gasteiger charge is 2.29. The number of H-pyrrole nitrogens is 1. The first-order chi connectivity index (χ1) is 16.9. The van der Waals surface area contributed by atoms with Crippen molar-refractivity contribution in [3.05, 3.63) is 87.5 Å². The van der Waals surface area contributed by atoms with E-state index in [0.29, 0.717) is 53.4 Å². The van der Waals surface area contributed by atoms with Gasteiger partial charge in [0, 0.05) is 30.8 Å². The minimum absolute atomic E-state index is 0.125. The molecule has 2 aromatic carbocycles. The molecule has 1 unspecified atom stereocenters. The molecule has 1 amide bonds. The molecule has 10 heteroatoms. The van der Waals surface area contributed by atoms with Gasteiger partial charge in [-0.3, -0.25) is 14.2 Å². The zero-order valence-electron chi connectivity index (χ0n) is 18.7. The van der Waals surface area contributed by atoms with Crippen LogP contribution in [-0.2, 0) is 6.54 Å². The lowest BCUT2D eigenvalue weighted by molar-refractivity contribution is 0.0696. The van der Waals surface area contributed by atoms with Gasteiger partial charge in [0.25, 0.3) is 11.5 Å². The number of aromatic nitrogens is 4. The Labute approximate surface area is 204 Å². The van der Waals surface area contributed by atoms with Gasteiger partial charge < -0.3 is 14.4 Å². The van der Waals surface area contributed by atoms with Crippen LogP contribution in [0.2, 0.25) is 0 Å². The van der Waals surface area contributed by atoms with Crippen LogP contribution in [-0.4, -0.2) is 43.6 Å². The van der Waals surface area contributed by atoms with E-state index in [0.717, 1.165) is 12.8 Å². The lowest BCUT2D eigenvalue weighted by atomic mass is 9.97. The number of rotatable bonds is 5. The van der Waals surface area contributed by atoms with Gasteiger partial charge in [0.05, 0.1) is 16.8 Å². The highest BCUT2D eigenvalue weighted by atomic mass is 32.1. The number of carbonyl (C=O) groups excluding carboxylic acids is 1. The summed E-state index contributed by atoms with van der Waals surface area (Å²) in [5.41, 5.74) is 1.27. The number of allylic oxidation sites excluding steroid dienone is 1. The van der Waals surface area contributed by atoms with E-state index in [1.807, 2.05) is 0 Å². The van der Waals surface area contributed by atoms with E-state index in [-0.39, 0.29) is 28.0 Å². The molecule has 4 aromatic rings. The number of nitrogens with zero attached hydrogens (tertiary/aromatic N) is 4. The molecule has 0 bridgehead atoms. The van der Waals surface area contributed by atoms with Crippen molar-refractivity contribution >= 4 is 29.0 Å². The first-order valence-electron chi connectivity index (χ1n) is 11.2. The van der Waals surface area contributed by atoms with Gasteiger partial charge in [-0.2, -0.15) is 4.98 Å². The van der Waals surface area contributed by atoms with Crippen LogP contribution in [0.4, 0.5) is 4.39 Å². The van der Waals surface area contributed by atoms with Crippen LogP contribution < -0.4 is 5.56 Å². The van der Waals surface area contributed by atoms with Crippen LogP contribution in [0.3, 0.4) is 0 Å². The number of likely N-dealkylation sites (tertiary alicyclic amines) is 1. The Balaban J connectivity index is 1.37. The predicted octanol–water partition coefficient (Wildman–Crippen LogP) is 4.45.